The van der Waals surface area contributed by atoms with Crippen molar-refractivity contribution in [3.8, 4) is 5.75 Å². The molecule has 0 saturated heterocycles. The minimum absolute atomic E-state index is 0.376. The molecule has 2 aliphatic rings. The Labute approximate surface area is 162 Å². The molecule has 3 unspecified atom stereocenters. The molecule has 0 aromatic heterocycles. The zero-order valence-electron chi connectivity index (χ0n) is 16.1. The summed E-state index contributed by atoms with van der Waals surface area (Å²) in [5.74, 6) is 1.06. The van der Waals surface area contributed by atoms with E-state index in [1.54, 1.807) is 6.92 Å². The Morgan fingerprint density at radius 3 is 2.41 bits per heavy atom. The second-order valence-corrected chi connectivity index (χ2v) is 7.91. The molecule has 4 rings (SSSR count). The van der Waals surface area contributed by atoms with E-state index in [2.05, 4.69) is 30.3 Å². The van der Waals surface area contributed by atoms with Crippen molar-refractivity contribution in [3.05, 3.63) is 65.7 Å². The van der Waals surface area contributed by atoms with Crippen LogP contribution in [0.5, 0.6) is 5.75 Å². The van der Waals surface area contributed by atoms with Gasteiger partial charge in [0.2, 0.25) is 0 Å². The molecule has 2 aromatic rings. The van der Waals surface area contributed by atoms with Gasteiger partial charge in [-0.25, -0.2) is 0 Å². The minimum atomic E-state index is -0.761. The molecule has 0 spiro atoms. The van der Waals surface area contributed by atoms with E-state index in [4.69, 9.17) is 9.84 Å². The van der Waals surface area contributed by atoms with Gasteiger partial charge in [0, 0.05) is 0 Å². The first-order chi connectivity index (χ1) is 13.1. The number of aliphatic carboxylic acids is 1. The van der Waals surface area contributed by atoms with E-state index in [-0.39, 0.29) is 5.92 Å². The van der Waals surface area contributed by atoms with Gasteiger partial charge in [-0.1, -0.05) is 68.7 Å². The molecule has 0 heterocycles. The topological polar surface area (TPSA) is 46.5 Å². The van der Waals surface area contributed by atoms with Gasteiger partial charge in [0.05, 0.1) is 12.5 Å². The van der Waals surface area contributed by atoms with Gasteiger partial charge in [-0.05, 0) is 54.4 Å². The third-order valence-electron chi connectivity index (χ3n) is 5.09. The number of carbonyl (C=O) groups is 1. The largest absolute Gasteiger partial charge is 0.493 e. The lowest BCUT2D eigenvalue weighted by atomic mass is 10.0. The van der Waals surface area contributed by atoms with Crippen LogP contribution in [0.25, 0.3) is 0 Å². The summed E-state index contributed by atoms with van der Waals surface area (Å²) in [7, 11) is 0. The summed E-state index contributed by atoms with van der Waals surface area (Å²) in [4.78, 5) is 11.0. The van der Waals surface area contributed by atoms with Gasteiger partial charge in [0.25, 0.3) is 0 Å². The molecule has 0 radical (unpaired) electrons. The van der Waals surface area contributed by atoms with E-state index >= 15 is 0 Å². The first-order valence-corrected chi connectivity index (χ1v) is 10.1. The van der Waals surface area contributed by atoms with Crippen molar-refractivity contribution in [2.45, 2.75) is 45.4 Å². The van der Waals surface area contributed by atoms with Gasteiger partial charge in [0.15, 0.2) is 0 Å². The summed E-state index contributed by atoms with van der Waals surface area (Å²) < 4.78 is 5.93. The van der Waals surface area contributed by atoms with Crippen LogP contribution < -0.4 is 4.74 Å². The van der Waals surface area contributed by atoms with Crippen LogP contribution in [0.1, 0.15) is 43.7 Å². The number of ether oxygens (including phenoxy) is 1. The molecule has 2 saturated carbocycles. The van der Waals surface area contributed by atoms with Crippen LogP contribution in [0.15, 0.2) is 54.6 Å². The number of hydrogen-bond donors (Lipinski definition) is 1. The Kier molecular flexibility index (Phi) is 6.92. The van der Waals surface area contributed by atoms with Crippen molar-refractivity contribution in [2.75, 3.05) is 6.61 Å². The Morgan fingerprint density at radius 1 is 1.04 bits per heavy atom. The highest BCUT2D eigenvalue weighted by Crippen LogP contribution is 2.41. The standard InChI is InChI=1S/C21H24O3.C3H6/c1-15(21(22)23)10-17-8-5-9-20(12-17)24-14-19-13-18(19)11-16-6-3-2-4-7-16;1-2-3-1/h2-9,12,15,18-19H,10-11,13-14H2,1H3,(H,22,23);1-3H2. The highest BCUT2D eigenvalue weighted by atomic mass is 16.5. The van der Waals surface area contributed by atoms with Gasteiger partial charge < -0.3 is 9.84 Å². The van der Waals surface area contributed by atoms with E-state index in [0.717, 1.165) is 30.3 Å². The molecular weight excluding hydrogens is 336 g/mol. The summed E-state index contributed by atoms with van der Waals surface area (Å²) in [5.41, 5.74) is 2.41. The molecule has 3 heteroatoms. The Balaban J connectivity index is 0.000000637. The maximum atomic E-state index is 11.0. The lowest BCUT2D eigenvalue weighted by Gasteiger charge is -2.10. The van der Waals surface area contributed by atoms with Crippen molar-refractivity contribution < 1.29 is 14.6 Å². The highest BCUT2D eigenvalue weighted by molar-refractivity contribution is 5.69. The van der Waals surface area contributed by atoms with Crippen LogP contribution in [0.4, 0.5) is 0 Å². The Bertz CT molecular complexity index is 721. The predicted molar refractivity (Wildman–Crippen MR) is 108 cm³/mol. The molecule has 2 aromatic carbocycles. The van der Waals surface area contributed by atoms with Crippen LogP contribution >= 0.6 is 0 Å². The fraction of sp³-hybridized carbons (Fsp3) is 0.458. The average molecular weight is 367 g/mol. The molecule has 1 N–H and O–H groups in total. The van der Waals surface area contributed by atoms with Crippen molar-refractivity contribution >= 4 is 5.97 Å². The number of hydrogen-bond acceptors (Lipinski definition) is 2. The molecule has 27 heavy (non-hydrogen) atoms. The van der Waals surface area contributed by atoms with Gasteiger partial charge in [-0.3, -0.25) is 4.79 Å². The minimum Gasteiger partial charge on any atom is -0.493 e. The summed E-state index contributed by atoms with van der Waals surface area (Å²) in [6, 6.07) is 18.4. The summed E-state index contributed by atoms with van der Waals surface area (Å²) >= 11 is 0. The van der Waals surface area contributed by atoms with Gasteiger partial charge in [-0.2, -0.15) is 0 Å². The fourth-order valence-electron chi connectivity index (χ4n) is 3.09. The molecule has 0 bridgehead atoms. The molecule has 0 amide bonds. The van der Waals surface area contributed by atoms with Crippen molar-refractivity contribution in [1.82, 2.24) is 0 Å². The first kappa shape index (κ1) is 19.5. The average Bonchev–Trinajstić information content (AvgIpc) is 3.57. The molecule has 0 aliphatic heterocycles. The molecule has 144 valence electrons. The summed E-state index contributed by atoms with van der Waals surface area (Å²) in [5, 5.41) is 9.02. The number of carboxylic acids is 1. The highest BCUT2D eigenvalue weighted by Gasteiger charge is 2.37. The number of carboxylic acid groups (broad SMARTS) is 1. The van der Waals surface area contributed by atoms with E-state index < -0.39 is 5.97 Å². The molecule has 3 nitrogen and oxygen atoms in total. The number of benzene rings is 2. The Morgan fingerprint density at radius 2 is 1.74 bits per heavy atom. The number of rotatable bonds is 8. The lowest BCUT2D eigenvalue weighted by molar-refractivity contribution is -0.141. The molecule has 2 aliphatic carbocycles. The quantitative estimate of drug-likeness (QED) is 0.682. The van der Waals surface area contributed by atoms with Crippen LogP contribution in [-0.4, -0.2) is 17.7 Å². The van der Waals surface area contributed by atoms with E-state index in [9.17, 15) is 4.79 Å². The van der Waals surface area contributed by atoms with Crippen LogP contribution in [0.2, 0.25) is 0 Å². The van der Waals surface area contributed by atoms with E-state index in [1.165, 1.54) is 31.2 Å². The molecule has 3 atom stereocenters. The molecule has 2 fully saturated rings. The smallest absolute Gasteiger partial charge is 0.306 e. The van der Waals surface area contributed by atoms with Crippen LogP contribution in [-0.2, 0) is 17.6 Å². The van der Waals surface area contributed by atoms with Crippen molar-refractivity contribution in [3.63, 3.8) is 0 Å². The van der Waals surface area contributed by atoms with E-state index in [0.29, 0.717) is 12.3 Å². The second-order valence-electron chi connectivity index (χ2n) is 7.91. The maximum Gasteiger partial charge on any atom is 0.306 e. The second kappa shape index (κ2) is 9.59. The third kappa shape index (κ3) is 7.09. The monoisotopic (exact) mass is 366 g/mol. The first-order valence-electron chi connectivity index (χ1n) is 10.1. The normalized spacial score (nSPS) is 20.8. The summed E-state index contributed by atoms with van der Waals surface area (Å²) in [6.07, 6.45) is 7.39. The summed E-state index contributed by atoms with van der Waals surface area (Å²) in [6.45, 7) is 2.48. The van der Waals surface area contributed by atoms with E-state index in [1.807, 2.05) is 24.3 Å². The maximum absolute atomic E-state index is 11.0. The molecular formula is C24H30O3. The van der Waals surface area contributed by atoms with Gasteiger partial charge in [-0.15, -0.1) is 0 Å². The Hall–Kier alpha value is -2.29. The SMILES string of the molecule is C1CC1.CC(Cc1cccc(OCC2CC2Cc2ccccc2)c1)C(=O)O. The lowest BCUT2D eigenvalue weighted by Crippen LogP contribution is -2.12. The third-order valence-corrected chi connectivity index (χ3v) is 5.09. The zero-order chi connectivity index (χ0) is 19.1. The van der Waals surface area contributed by atoms with Gasteiger partial charge >= 0.3 is 5.97 Å². The predicted octanol–water partition coefficient (Wildman–Crippen LogP) is 5.38. The van der Waals surface area contributed by atoms with Crippen molar-refractivity contribution in [1.29, 1.82) is 0 Å². The van der Waals surface area contributed by atoms with Crippen molar-refractivity contribution in [2.24, 2.45) is 17.8 Å². The van der Waals surface area contributed by atoms with Crippen LogP contribution in [0, 0.1) is 17.8 Å². The zero-order valence-corrected chi connectivity index (χ0v) is 16.1. The van der Waals surface area contributed by atoms with Gasteiger partial charge in [0.1, 0.15) is 5.75 Å². The van der Waals surface area contributed by atoms with Crippen LogP contribution in [0.3, 0.4) is 0 Å². The fourth-order valence-corrected chi connectivity index (χ4v) is 3.09.